The van der Waals surface area contributed by atoms with Gasteiger partial charge in [-0.1, -0.05) is 30.3 Å². The summed E-state index contributed by atoms with van der Waals surface area (Å²) in [5.41, 5.74) is 0.703. The minimum Gasteiger partial charge on any atom is -0.382 e. The molecule has 144 valence electrons. The molecule has 2 aliphatic rings. The minimum atomic E-state index is -4.67. The van der Waals surface area contributed by atoms with Crippen LogP contribution in [0.3, 0.4) is 0 Å². The van der Waals surface area contributed by atoms with Crippen LogP contribution < -0.4 is 5.32 Å². The maximum absolute atomic E-state index is 13.5. The van der Waals surface area contributed by atoms with E-state index in [1.54, 1.807) is 0 Å². The Balaban J connectivity index is 1.43. The summed E-state index contributed by atoms with van der Waals surface area (Å²) in [7, 11) is 0. The summed E-state index contributed by atoms with van der Waals surface area (Å²) in [5.74, 6) is -0.652. The molecule has 27 heavy (non-hydrogen) atoms. The molecule has 4 rings (SSSR count). The molecule has 0 heterocycles. The normalized spacial score (nSPS) is 28.0. The largest absolute Gasteiger partial charge is 0.419 e. The lowest BCUT2D eigenvalue weighted by Gasteiger charge is -2.54. The van der Waals surface area contributed by atoms with Gasteiger partial charge >= 0.3 is 6.18 Å². The first-order chi connectivity index (χ1) is 12.9. The van der Waals surface area contributed by atoms with Gasteiger partial charge in [-0.2, -0.15) is 13.2 Å². The Hall–Kier alpha value is -2.04. The fraction of sp³-hybridized carbons (Fsp3) is 0.455. The van der Waals surface area contributed by atoms with Crippen LogP contribution in [0.5, 0.6) is 0 Å². The van der Waals surface area contributed by atoms with Gasteiger partial charge in [0.05, 0.1) is 5.56 Å². The van der Waals surface area contributed by atoms with E-state index in [1.807, 2.05) is 6.07 Å². The van der Waals surface area contributed by atoms with Gasteiger partial charge in [-0.25, -0.2) is 4.39 Å². The molecule has 0 aromatic heterocycles. The van der Waals surface area contributed by atoms with Crippen molar-refractivity contribution in [2.75, 3.05) is 5.32 Å². The number of rotatable bonds is 3. The van der Waals surface area contributed by atoms with Crippen LogP contribution in [0, 0.1) is 11.2 Å². The van der Waals surface area contributed by atoms with Gasteiger partial charge in [0, 0.05) is 11.7 Å². The second kappa shape index (κ2) is 6.84. The summed E-state index contributed by atoms with van der Waals surface area (Å²) in [6.07, 6.45) is 1.77. The zero-order valence-electron chi connectivity index (χ0n) is 15.0. The zero-order chi connectivity index (χ0) is 19.1. The highest BCUT2D eigenvalue weighted by Gasteiger charge is 2.48. The third-order valence-electron chi connectivity index (χ3n) is 6.54. The van der Waals surface area contributed by atoms with E-state index in [2.05, 4.69) is 29.6 Å². The number of halogens is 4. The van der Waals surface area contributed by atoms with Gasteiger partial charge in [-0.3, -0.25) is 0 Å². The van der Waals surface area contributed by atoms with Gasteiger partial charge in [0.15, 0.2) is 0 Å². The summed E-state index contributed by atoms with van der Waals surface area (Å²) in [6, 6.07) is 13.9. The molecular weight excluding hydrogens is 354 g/mol. The van der Waals surface area contributed by atoms with Crippen molar-refractivity contribution in [3.63, 3.8) is 0 Å². The Bertz CT molecular complexity index is 792. The molecule has 2 aliphatic carbocycles. The summed E-state index contributed by atoms with van der Waals surface area (Å²) in [5, 5.41) is 3.27. The summed E-state index contributed by atoms with van der Waals surface area (Å²) in [4.78, 5) is 0. The average Bonchev–Trinajstić information content (AvgIpc) is 2.66. The molecule has 0 bridgehead atoms. The molecule has 1 atom stereocenters. The molecule has 1 N–H and O–H groups in total. The first-order valence-electron chi connectivity index (χ1n) is 9.56. The second-order valence-corrected chi connectivity index (χ2v) is 7.98. The summed E-state index contributed by atoms with van der Waals surface area (Å²) in [6.45, 7) is 0. The highest BCUT2D eigenvalue weighted by molar-refractivity contribution is 5.49. The number of alkyl halides is 3. The molecule has 5 heteroatoms. The van der Waals surface area contributed by atoms with Gasteiger partial charge in [-0.15, -0.1) is 0 Å². The van der Waals surface area contributed by atoms with E-state index in [0.29, 0.717) is 11.6 Å². The van der Waals surface area contributed by atoms with Crippen LogP contribution in [0.25, 0.3) is 0 Å². The highest BCUT2D eigenvalue weighted by atomic mass is 19.4. The van der Waals surface area contributed by atoms with E-state index in [4.69, 9.17) is 0 Å². The van der Waals surface area contributed by atoms with Crippen LogP contribution in [-0.2, 0) is 6.18 Å². The molecule has 1 nitrogen and oxygen atoms in total. The molecule has 2 aromatic rings. The minimum absolute atomic E-state index is 0.165. The molecule has 1 unspecified atom stereocenters. The number of nitrogens with one attached hydrogen (secondary N) is 1. The molecule has 0 amide bonds. The fourth-order valence-electron chi connectivity index (χ4n) is 4.81. The molecule has 0 saturated heterocycles. The molecular formula is C22H23F4N. The third-order valence-corrected chi connectivity index (χ3v) is 6.54. The monoisotopic (exact) mass is 377 g/mol. The smallest absolute Gasteiger partial charge is 0.382 e. The number of benzene rings is 2. The van der Waals surface area contributed by atoms with Crippen LogP contribution >= 0.6 is 0 Å². The molecule has 2 aromatic carbocycles. The number of hydrogen-bond donors (Lipinski definition) is 1. The first kappa shape index (κ1) is 18.3. The molecule has 0 radical (unpaired) electrons. The predicted molar refractivity (Wildman–Crippen MR) is 98.1 cm³/mol. The standard InChI is InChI=1S/C22H23F4N/c23-19-7-6-17(14-18(19)22(24,25)26)27-20-10-13-21(20)11-8-16(9-12-21)15-4-2-1-3-5-15/h1-7,14,16,20,27H,8-13H2. The second-order valence-electron chi connectivity index (χ2n) is 7.98. The maximum Gasteiger partial charge on any atom is 0.419 e. The van der Waals surface area contributed by atoms with Crippen molar-refractivity contribution in [2.24, 2.45) is 5.41 Å². The Morgan fingerprint density at radius 3 is 2.15 bits per heavy atom. The van der Waals surface area contributed by atoms with Crippen LogP contribution in [0.4, 0.5) is 23.2 Å². The van der Waals surface area contributed by atoms with Crippen LogP contribution in [0.15, 0.2) is 48.5 Å². The van der Waals surface area contributed by atoms with Gasteiger partial charge in [0.2, 0.25) is 0 Å². The van der Waals surface area contributed by atoms with Gasteiger partial charge < -0.3 is 5.32 Å². The van der Waals surface area contributed by atoms with Crippen molar-refractivity contribution in [3.8, 4) is 0 Å². The van der Waals surface area contributed by atoms with E-state index in [0.717, 1.165) is 50.7 Å². The van der Waals surface area contributed by atoms with Gasteiger partial charge in [0.1, 0.15) is 5.82 Å². The molecule has 0 aliphatic heterocycles. The highest BCUT2D eigenvalue weighted by Crippen LogP contribution is 2.55. The van der Waals surface area contributed by atoms with Crippen LogP contribution in [-0.4, -0.2) is 6.04 Å². The van der Waals surface area contributed by atoms with E-state index in [-0.39, 0.29) is 11.5 Å². The van der Waals surface area contributed by atoms with Crippen molar-refractivity contribution < 1.29 is 17.6 Å². The third kappa shape index (κ3) is 3.56. The van der Waals surface area contributed by atoms with E-state index >= 15 is 0 Å². The lowest BCUT2D eigenvalue weighted by molar-refractivity contribution is -0.139. The van der Waals surface area contributed by atoms with Crippen molar-refractivity contribution in [3.05, 3.63) is 65.5 Å². The Morgan fingerprint density at radius 2 is 1.56 bits per heavy atom. The number of hydrogen-bond acceptors (Lipinski definition) is 1. The fourth-order valence-corrected chi connectivity index (χ4v) is 4.81. The summed E-state index contributed by atoms with van der Waals surface area (Å²) >= 11 is 0. The SMILES string of the molecule is Fc1ccc(NC2CCC23CCC(c2ccccc2)CC3)cc1C(F)(F)F. The maximum atomic E-state index is 13.5. The van der Waals surface area contributed by atoms with Crippen LogP contribution in [0.1, 0.15) is 55.6 Å². The first-order valence-corrected chi connectivity index (χ1v) is 9.56. The van der Waals surface area contributed by atoms with Crippen molar-refractivity contribution >= 4 is 5.69 Å². The molecule has 2 fully saturated rings. The quantitative estimate of drug-likeness (QED) is 0.583. The topological polar surface area (TPSA) is 12.0 Å². The van der Waals surface area contributed by atoms with E-state index in [1.165, 1.54) is 11.6 Å². The van der Waals surface area contributed by atoms with Crippen molar-refractivity contribution in [1.82, 2.24) is 0 Å². The van der Waals surface area contributed by atoms with Crippen molar-refractivity contribution in [1.29, 1.82) is 0 Å². The predicted octanol–water partition coefficient (Wildman–Crippen LogP) is 6.76. The van der Waals surface area contributed by atoms with Crippen molar-refractivity contribution in [2.45, 2.75) is 56.7 Å². The Kier molecular flexibility index (Phi) is 4.65. The lowest BCUT2D eigenvalue weighted by atomic mass is 9.55. The number of anilines is 1. The van der Waals surface area contributed by atoms with Gasteiger partial charge in [-0.05, 0) is 73.6 Å². The zero-order valence-corrected chi connectivity index (χ0v) is 15.0. The summed E-state index contributed by atoms with van der Waals surface area (Å²) < 4.78 is 52.3. The lowest BCUT2D eigenvalue weighted by Crippen LogP contribution is -2.51. The Morgan fingerprint density at radius 1 is 0.889 bits per heavy atom. The average molecular weight is 377 g/mol. The van der Waals surface area contributed by atoms with E-state index in [9.17, 15) is 17.6 Å². The van der Waals surface area contributed by atoms with E-state index < -0.39 is 17.6 Å². The molecule has 2 saturated carbocycles. The molecule has 1 spiro atoms. The van der Waals surface area contributed by atoms with Crippen LogP contribution in [0.2, 0.25) is 0 Å². The Labute approximate surface area is 156 Å². The van der Waals surface area contributed by atoms with Gasteiger partial charge in [0.25, 0.3) is 0 Å².